The normalized spacial score (nSPS) is 18.6. The van der Waals surface area contributed by atoms with Gasteiger partial charge >= 0.3 is 5.63 Å². The molecule has 2 aliphatic rings. The highest BCUT2D eigenvalue weighted by atomic mass is 16.7. The fourth-order valence-corrected chi connectivity index (χ4v) is 3.45. The second kappa shape index (κ2) is 8.72. The van der Waals surface area contributed by atoms with E-state index in [1.165, 1.54) is 6.07 Å². The summed E-state index contributed by atoms with van der Waals surface area (Å²) < 4.78 is 21.7. The molecule has 1 aromatic carbocycles. The summed E-state index contributed by atoms with van der Waals surface area (Å²) in [6, 6.07) is 8.27. The van der Waals surface area contributed by atoms with Gasteiger partial charge in [-0.3, -0.25) is 9.69 Å². The fourth-order valence-electron chi connectivity index (χ4n) is 3.45. The summed E-state index contributed by atoms with van der Waals surface area (Å²) in [4.78, 5) is 27.9. The van der Waals surface area contributed by atoms with Gasteiger partial charge in [-0.2, -0.15) is 0 Å². The smallest absolute Gasteiger partial charge is 0.336 e. The number of hydrogen-bond donors (Lipinski definition) is 0. The van der Waals surface area contributed by atoms with Crippen LogP contribution in [0.15, 0.2) is 39.5 Å². The van der Waals surface area contributed by atoms with Crippen LogP contribution in [0.1, 0.15) is 6.42 Å². The first-order chi connectivity index (χ1) is 13.7. The summed E-state index contributed by atoms with van der Waals surface area (Å²) in [5, 5.41) is 0.808. The van der Waals surface area contributed by atoms with E-state index in [1.807, 2.05) is 4.90 Å². The Balaban J connectivity index is 1.23. The molecule has 8 nitrogen and oxygen atoms in total. The lowest BCUT2D eigenvalue weighted by molar-refractivity contribution is -0.135. The molecule has 1 amide bonds. The number of amides is 1. The first-order valence-corrected chi connectivity index (χ1v) is 9.57. The van der Waals surface area contributed by atoms with E-state index in [1.54, 1.807) is 24.3 Å². The van der Waals surface area contributed by atoms with Gasteiger partial charge in [0.2, 0.25) is 0 Å². The molecule has 2 fully saturated rings. The topological polar surface area (TPSA) is 81.5 Å². The molecule has 0 spiro atoms. The molecule has 0 radical (unpaired) electrons. The van der Waals surface area contributed by atoms with Crippen molar-refractivity contribution in [2.45, 2.75) is 12.7 Å². The van der Waals surface area contributed by atoms with Crippen LogP contribution in [0.3, 0.4) is 0 Å². The number of nitrogens with zero attached hydrogens (tertiary/aromatic N) is 2. The quantitative estimate of drug-likeness (QED) is 0.685. The Morgan fingerprint density at radius 1 is 1.07 bits per heavy atom. The van der Waals surface area contributed by atoms with E-state index in [-0.39, 0.29) is 18.8 Å². The summed E-state index contributed by atoms with van der Waals surface area (Å²) in [6.07, 6.45) is 0.772. The number of rotatable bonds is 6. The molecular formula is C20H24N2O6. The predicted molar refractivity (Wildman–Crippen MR) is 101 cm³/mol. The molecule has 8 heteroatoms. The Kier molecular flexibility index (Phi) is 5.90. The van der Waals surface area contributed by atoms with Gasteiger partial charge in [0.1, 0.15) is 11.3 Å². The zero-order valence-electron chi connectivity index (χ0n) is 15.7. The third kappa shape index (κ3) is 4.70. The third-order valence-electron chi connectivity index (χ3n) is 5.05. The Morgan fingerprint density at radius 2 is 1.82 bits per heavy atom. The molecule has 2 aliphatic heterocycles. The molecular weight excluding hydrogens is 364 g/mol. The van der Waals surface area contributed by atoms with Crippen LogP contribution in [0.2, 0.25) is 0 Å². The van der Waals surface area contributed by atoms with Crippen molar-refractivity contribution in [2.24, 2.45) is 0 Å². The molecule has 0 unspecified atom stereocenters. The second-order valence-electron chi connectivity index (χ2n) is 6.92. The van der Waals surface area contributed by atoms with Gasteiger partial charge in [-0.05, 0) is 18.2 Å². The van der Waals surface area contributed by atoms with Crippen LogP contribution in [0, 0.1) is 0 Å². The van der Waals surface area contributed by atoms with E-state index in [0.717, 1.165) is 31.4 Å². The molecule has 150 valence electrons. The van der Waals surface area contributed by atoms with Crippen molar-refractivity contribution in [3.63, 3.8) is 0 Å². The highest BCUT2D eigenvalue weighted by molar-refractivity contribution is 5.79. The Hall–Kier alpha value is -2.42. The van der Waals surface area contributed by atoms with Gasteiger partial charge < -0.3 is 23.5 Å². The number of piperazine rings is 1. The van der Waals surface area contributed by atoms with Gasteiger partial charge in [0.05, 0.1) is 13.2 Å². The van der Waals surface area contributed by atoms with Gasteiger partial charge in [0.15, 0.2) is 12.9 Å². The lowest BCUT2D eigenvalue weighted by atomic mass is 10.2. The number of carbonyl (C=O) groups excluding carboxylic acids is 1. The van der Waals surface area contributed by atoms with Gasteiger partial charge in [-0.25, -0.2) is 4.79 Å². The summed E-state index contributed by atoms with van der Waals surface area (Å²) in [6.45, 7) is 5.26. The fraction of sp³-hybridized carbons (Fsp3) is 0.500. The van der Waals surface area contributed by atoms with Crippen LogP contribution in [0.5, 0.6) is 5.75 Å². The van der Waals surface area contributed by atoms with Crippen molar-refractivity contribution in [3.8, 4) is 5.75 Å². The summed E-state index contributed by atoms with van der Waals surface area (Å²) in [7, 11) is 0. The van der Waals surface area contributed by atoms with Gasteiger partial charge in [0, 0.05) is 56.7 Å². The molecule has 28 heavy (non-hydrogen) atoms. The molecule has 0 N–H and O–H groups in total. The number of benzene rings is 1. The minimum Gasteiger partial charge on any atom is -0.484 e. The first-order valence-electron chi connectivity index (χ1n) is 9.57. The largest absolute Gasteiger partial charge is 0.484 e. The Bertz CT molecular complexity index is 868. The van der Waals surface area contributed by atoms with Crippen molar-refractivity contribution >= 4 is 16.9 Å². The highest BCUT2D eigenvalue weighted by Gasteiger charge is 2.23. The molecule has 1 aromatic heterocycles. The molecule has 4 rings (SSSR count). The number of carbonyl (C=O) groups is 1. The minimum atomic E-state index is -0.412. The van der Waals surface area contributed by atoms with Crippen LogP contribution in [0.4, 0.5) is 0 Å². The Labute approximate surface area is 162 Å². The van der Waals surface area contributed by atoms with Gasteiger partial charge in [-0.1, -0.05) is 0 Å². The van der Waals surface area contributed by atoms with Crippen LogP contribution in [0.25, 0.3) is 11.0 Å². The highest BCUT2D eigenvalue weighted by Crippen LogP contribution is 2.19. The predicted octanol–water partition coefficient (Wildman–Crippen LogP) is 1.08. The van der Waals surface area contributed by atoms with Crippen LogP contribution < -0.4 is 10.4 Å². The molecule has 3 heterocycles. The zero-order valence-corrected chi connectivity index (χ0v) is 15.7. The second-order valence-corrected chi connectivity index (χ2v) is 6.92. The minimum absolute atomic E-state index is 0.0354. The van der Waals surface area contributed by atoms with Crippen molar-refractivity contribution in [3.05, 3.63) is 40.8 Å². The maximum absolute atomic E-state index is 12.4. The monoisotopic (exact) mass is 388 g/mol. The van der Waals surface area contributed by atoms with Gasteiger partial charge in [0.25, 0.3) is 5.91 Å². The summed E-state index contributed by atoms with van der Waals surface area (Å²) >= 11 is 0. The first kappa shape index (κ1) is 18.9. The molecule has 2 aromatic rings. The van der Waals surface area contributed by atoms with Crippen molar-refractivity contribution < 1.29 is 23.4 Å². The standard InChI is InChI=1S/C20H24N2O6/c23-18(14-27-16-3-1-15-2-4-19(24)28-17(15)13-16)22-9-7-21(8-10-22)6-5-20-25-11-12-26-20/h1-4,13,20H,5-12,14H2. The number of ether oxygens (including phenoxy) is 3. The summed E-state index contributed by atoms with van der Waals surface area (Å²) in [5.41, 5.74) is 0.0333. The van der Waals surface area contributed by atoms with E-state index in [0.29, 0.717) is 37.6 Å². The molecule has 0 aliphatic carbocycles. The van der Waals surface area contributed by atoms with Crippen LogP contribution in [-0.2, 0) is 14.3 Å². The van der Waals surface area contributed by atoms with E-state index >= 15 is 0 Å². The van der Waals surface area contributed by atoms with Crippen molar-refractivity contribution in [1.82, 2.24) is 9.80 Å². The maximum atomic E-state index is 12.4. The third-order valence-corrected chi connectivity index (χ3v) is 5.05. The zero-order chi connectivity index (χ0) is 19.3. The van der Waals surface area contributed by atoms with E-state index in [9.17, 15) is 9.59 Å². The number of fused-ring (bicyclic) bond motifs is 1. The number of hydrogen-bond acceptors (Lipinski definition) is 7. The molecule has 0 bridgehead atoms. The van der Waals surface area contributed by atoms with E-state index in [2.05, 4.69) is 4.90 Å². The van der Waals surface area contributed by atoms with E-state index < -0.39 is 5.63 Å². The van der Waals surface area contributed by atoms with Crippen molar-refractivity contribution in [2.75, 3.05) is 52.5 Å². The summed E-state index contributed by atoms with van der Waals surface area (Å²) in [5.74, 6) is 0.460. The van der Waals surface area contributed by atoms with Crippen molar-refractivity contribution in [1.29, 1.82) is 0 Å². The molecule has 2 saturated heterocycles. The average molecular weight is 388 g/mol. The van der Waals surface area contributed by atoms with E-state index in [4.69, 9.17) is 18.6 Å². The van der Waals surface area contributed by atoms with Crippen LogP contribution in [-0.4, -0.2) is 74.5 Å². The lowest BCUT2D eigenvalue weighted by Crippen LogP contribution is -2.50. The Morgan fingerprint density at radius 3 is 2.61 bits per heavy atom. The molecule has 0 saturated carbocycles. The molecule has 0 atom stereocenters. The average Bonchev–Trinajstić information content (AvgIpc) is 3.24. The van der Waals surface area contributed by atoms with Gasteiger partial charge in [-0.15, -0.1) is 0 Å². The maximum Gasteiger partial charge on any atom is 0.336 e. The lowest BCUT2D eigenvalue weighted by Gasteiger charge is -2.34. The SMILES string of the molecule is O=C(COc1ccc2ccc(=O)oc2c1)N1CCN(CCC2OCCO2)CC1. The van der Waals surface area contributed by atoms with Crippen LogP contribution >= 0.6 is 0 Å².